The Labute approximate surface area is 197 Å². The van der Waals surface area contributed by atoms with E-state index in [2.05, 4.69) is 15.3 Å². The van der Waals surface area contributed by atoms with Gasteiger partial charge in [0, 0.05) is 11.2 Å². The molecule has 0 aliphatic carbocycles. The first kappa shape index (κ1) is 22.1. The van der Waals surface area contributed by atoms with Gasteiger partial charge in [-0.3, -0.25) is 14.2 Å². The van der Waals surface area contributed by atoms with E-state index in [1.165, 1.54) is 17.9 Å². The van der Waals surface area contributed by atoms with Crippen molar-refractivity contribution in [3.05, 3.63) is 81.3 Å². The molecule has 0 aliphatic rings. The predicted molar refractivity (Wildman–Crippen MR) is 128 cm³/mol. The predicted octanol–water partition coefficient (Wildman–Crippen LogP) is 4.83. The number of benzene rings is 2. The minimum Gasteiger partial charge on any atom is -0.495 e. The van der Waals surface area contributed by atoms with E-state index in [0.29, 0.717) is 38.2 Å². The molecule has 2 heterocycles. The maximum Gasteiger partial charge on any atom is 0.266 e. The van der Waals surface area contributed by atoms with Gasteiger partial charge >= 0.3 is 0 Å². The van der Waals surface area contributed by atoms with Gasteiger partial charge in [-0.25, -0.2) is 9.97 Å². The van der Waals surface area contributed by atoms with Gasteiger partial charge in [0.25, 0.3) is 5.56 Å². The molecule has 2 aromatic carbocycles. The van der Waals surface area contributed by atoms with Crippen LogP contribution in [0.3, 0.4) is 0 Å². The number of nitrogens with zero attached hydrogens (tertiary/aromatic N) is 3. The average Bonchev–Trinajstić information content (AvgIpc) is 2.79. The van der Waals surface area contributed by atoms with Crippen molar-refractivity contribution in [3.8, 4) is 11.4 Å². The Bertz CT molecular complexity index is 1380. The highest BCUT2D eigenvalue weighted by atomic mass is 35.5. The highest BCUT2D eigenvalue weighted by Crippen LogP contribution is 2.28. The summed E-state index contributed by atoms with van der Waals surface area (Å²) in [5.41, 5.74) is 1.06. The molecule has 162 valence electrons. The number of fused-ring (bicyclic) bond motifs is 1. The molecular weight excluding hydrogens is 471 g/mol. The Morgan fingerprint density at radius 1 is 1.16 bits per heavy atom. The van der Waals surface area contributed by atoms with E-state index in [0.717, 1.165) is 11.8 Å². The molecule has 0 unspecified atom stereocenters. The van der Waals surface area contributed by atoms with Crippen LogP contribution in [0.5, 0.6) is 5.75 Å². The fourth-order valence-corrected chi connectivity index (χ4v) is 4.20. The summed E-state index contributed by atoms with van der Waals surface area (Å²) in [5.74, 6) is 0.161. The molecule has 1 amide bonds. The van der Waals surface area contributed by atoms with Crippen molar-refractivity contribution in [1.82, 2.24) is 14.5 Å². The number of aromatic nitrogens is 3. The van der Waals surface area contributed by atoms with Crippen molar-refractivity contribution in [2.24, 2.45) is 0 Å². The maximum atomic E-state index is 13.4. The summed E-state index contributed by atoms with van der Waals surface area (Å²) >= 11 is 13.2. The fourth-order valence-electron chi connectivity index (χ4n) is 3.06. The number of nitrogens with one attached hydrogen (secondary N) is 1. The molecule has 1 N–H and O–H groups in total. The van der Waals surface area contributed by atoms with Gasteiger partial charge in [0.05, 0.1) is 35.1 Å². The largest absolute Gasteiger partial charge is 0.495 e. The Kier molecular flexibility index (Phi) is 6.64. The summed E-state index contributed by atoms with van der Waals surface area (Å²) in [7, 11) is 1.52. The first-order valence-corrected chi connectivity index (χ1v) is 11.1. The molecule has 10 heteroatoms. The zero-order chi connectivity index (χ0) is 22.7. The second-order valence-corrected chi connectivity index (χ2v) is 8.28. The highest BCUT2D eigenvalue weighted by molar-refractivity contribution is 7.99. The third-order valence-electron chi connectivity index (χ3n) is 4.49. The van der Waals surface area contributed by atoms with Gasteiger partial charge < -0.3 is 10.1 Å². The molecule has 0 atom stereocenters. The number of pyridine rings is 1. The molecule has 4 rings (SSSR count). The van der Waals surface area contributed by atoms with Crippen LogP contribution in [0.2, 0.25) is 10.2 Å². The quantitative estimate of drug-likeness (QED) is 0.238. The summed E-state index contributed by atoms with van der Waals surface area (Å²) in [6.45, 7) is 0. The molecule has 0 aliphatic heterocycles. The van der Waals surface area contributed by atoms with E-state index in [-0.39, 0.29) is 22.4 Å². The Balaban J connectivity index is 1.74. The number of anilines is 1. The van der Waals surface area contributed by atoms with E-state index in [9.17, 15) is 9.59 Å². The van der Waals surface area contributed by atoms with Crippen molar-refractivity contribution in [2.75, 3.05) is 18.2 Å². The molecule has 4 aromatic rings. The summed E-state index contributed by atoms with van der Waals surface area (Å²) in [4.78, 5) is 34.5. The van der Waals surface area contributed by atoms with E-state index in [1.807, 2.05) is 0 Å². The lowest BCUT2D eigenvalue weighted by Crippen LogP contribution is -2.23. The van der Waals surface area contributed by atoms with Crippen LogP contribution in [-0.4, -0.2) is 33.3 Å². The maximum absolute atomic E-state index is 13.4. The lowest BCUT2D eigenvalue weighted by Gasteiger charge is -2.15. The summed E-state index contributed by atoms with van der Waals surface area (Å²) < 4.78 is 6.87. The topological polar surface area (TPSA) is 86.1 Å². The van der Waals surface area contributed by atoms with Gasteiger partial charge in [0.2, 0.25) is 5.91 Å². The number of thioether (sulfide) groups is 1. The van der Waals surface area contributed by atoms with Gasteiger partial charge in [0.15, 0.2) is 10.3 Å². The molecule has 0 fully saturated rings. The first-order valence-electron chi connectivity index (χ1n) is 9.37. The van der Waals surface area contributed by atoms with Crippen LogP contribution in [0.4, 0.5) is 5.69 Å². The van der Waals surface area contributed by atoms with E-state index < -0.39 is 0 Å². The van der Waals surface area contributed by atoms with E-state index >= 15 is 0 Å². The zero-order valence-electron chi connectivity index (χ0n) is 16.7. The number of methoxy groups -OCH3 is 1. The van der Waals surface area contributed by atoms with Gasteiger partial charge in [-0.05, 0) is 42.5 Å². The molecule has 0 saturated heterocycles. The number of carbonyl (C=O) groups is 1. The Morgan fingerprint density at radius 2 is 1.97 bits per heavy atom. The third-order valence-corrected chi connectivity index (χ3v) is 5.97. The molecule has 2 aromatic heterocycles. The monoisotopic (exact) mass is 486 g/mol. The number of ether oxygens (including phenoxy) is 1. The molecule has 0 bridgehead atoms. The van der Waals surface area contributed by atoms with Crippen molar-refractivity contribution in [1.29, 1.82) is 0 Å². The van der Waals surface area contributed by atoms with Crippen LogP contribution in [0.25, 0.3) is 16.6 Å². The number of hydrogen-bond acceptors (Lipinski definition) is 6. The molecular formula is C22H16Cl2N4O3S. The van der Waals surface area contributed by atoms with E-state index in [1.54, 1.807) is 54.6 Å². The standard InChI is InChI=1S/C22H16Cl2N4O3S/c1-31-18-7-3-2-6-17(18)28-21(30)14-9-8-13(23)11-16(14)27-22(28)32-12-19(29)26-15-5-4-10-25-20(15)24/h2-11H,12H2,1H3,(H,26,29). The van der Waals surface area contributed by atoms with Crippen molar-refractivity contribution in [3.63, 3.8) is 0 Å². The summed E-state index contributed by atoms with van der Waals surface area (Å²) in [5, 5.41) is 4.08. The minimum atomic E-state index is -0.322. The van der Waals surface area contributed by atoms with Gasteiger partial charge in [-0.2, -0.15) is 0 Å². The Hall–Kier alpha value is -3.07. The van der Waals surface area contributed by atoms with E-state index in [4.69, 9.17) is 27.9 Å². The number of hydrogen-bond donors (Lipinski definition) is 1. The molecule has 7 nitrogen and oxygen atoms in total. The van der Waals surface area contributed by atoms with Crippen LogP contribution in [0, 0.1) is 0 Å². The molecule has 0 saturated carbocycles. The SMILES string of the molecule is COc1ccccc1-n1c(SCC(=O)Nc2cccnc2Cl)nc2cc(Cl)ccc2c1=O. The minimum absolute atomic E-state index is 0.0150. The lowest BCUT2D eigenvalue weighted by atomic mass is 10.2. The van der Waals surface area contributed by atoms with Gasteiger partial charge in [0.1, 0.15) is 5.75 Å². The molecule has 32 heavy (non-hydrogen) atoms. The normalized spacial score (nSPS) is 10.8. The number of halogens is 2. The number of para-hydroxylation sites is 2. The second-order valence-electron chi connectivity index (χ2n) is 6.55. The number of amides is 1. The fraction of sp³-hybridized carbons (Fsp3) is 0.0909. The van der Waals surface area contributed by atoms with Crippen LogP contribution < -0.4 is 15.6 Å². The third kappa shape index (κ3) is 4.57. The summed E-state index contributed by atoms with van der Waals surface area (Å²) in [6.07, 6.45) is 1.53. The van der Waals surface area contributed by atoms with Crippen LogP contribution in [0.1, 0.15) is 0 Å². The second kappa shape index (κ2) is 9.60. The highest BCUT2D eigenvalue weighted by Gasteiger charge is 2.18. The Morgan fingerprint density at radius 3 is 2.75 bits per heavy atom. The van der Waals surface area contributed by atoms with Crippen LogP contribution in [0.15, 0.2) is 70.7 Å². The van der Waals surface area contributed by atoms with Crippen LogP contribution in [-0.2, 0) is 4.79 Å². The first-order chi connectivity index (χ1) is 15.5. The zero-order valence-corrected chi connectivity index (χ0v) is 19.0. The number of rotatable bonds is 6. The van der Waals surface area contributed by atoms with Gasteiger partial charge in [-0.1, -0.05) is 47.1 Å². The summed E-state index contributed by atoms with van der Waals surface area (Å²) in [6, 6.07) is 15.3. The smallest absolute Gasteiger partial charge is 0.266 e. The lowest BCUT2D eigenvalue weighted by molar-refractivity contribution is -0.113. The molecule has 0 radical (unpaired) electrons. The van der Waals surface area contributed by atoms with Gasteiger partial charge in [-0.15, -0.1) is 0 Å². The van der Waals surface area contributed by atoms with Crippen molar-refractivity contribution < 1.29 is 9.53 Å². The number of carbonyl (C=O) groups excluding carboxylic acids is 1. The van der Waals surface area contributed by atoms with Crippen molar-refractivity contribution in [2.45, 2.75) is 5.16 Å². The van der Waals surface area contributed by atoms with Crippen molar-refractivity contribution >= 4 is 57.5 Å². The molecule has 0 spiro atoms. The van der Waals surface area contributed by atoms with Crippen LogP contribution >= 0.6 is 35.0 Å². The average molecular weight is 487 g/mol.